The molecule has 1 fully saturated rings. The molecule has 0 N–H and O–H groups in total. The van der Waals surface area contributed by atoms with Gasteiger partial charge < -0.3 is 9.80 Å². The molecule has 2 aromatic carbocycles. The Hall–Kier alpha value is -1.90. The summed E-state index contributed by atoms with van der Waals surface area (Å²) < 4.78 is 37.1. The summed E-state index contributed by atoms with van der Waals surface area (Å²) >= 11 is 12.9. The van der Waals surface area contributed by atoms with Gasteiger partial charge in [0.15, 0.2) is 0 Å². The maximum atomic E-state index is 12.9. The van der Waals surface area contributed by atoms with E-state index in [4.69, 9.17) is 23.2 Å². The first kappa shape index (κ1) is 23.8. The van der Waals surface area contributed by atoms with Crippen LogP contribution in [0.4, 0.5) is 18.9 Å². The number of carbonyl (C=O) groups is 2. The Morgan fingerprint density at radius 1 is 1.13 bits per heavy atom. The molecule has 3 rings (SSSR count). The second-order valence-electron chi connectivity index (χ2n) is 7.13. The maximum Gasteiger partial charge on any atom is 0.450 e. The summed E-state index contributed by atoms with van der Waals surface area (Å²) in [7, 11) is 0. The van der Waals surface area contributed by atoms with Crippen LogP contribution in [-0.2, 0) is 4.79 Å². The Morgan fingerprint density at radius 3 is 2.48 bits per heavy atom. The molecular formula is C21H19Cl2F3N2O2S. The van der Waals surface area contributed by atoms with E-state index in [0.29, 0.717) is 46.9 Å². The van der Waals surface area contributed by atoms with Crippen molar-refractivity contribution in [2.45, 2.75) is 24.0 Å². The molecule has 1 aliphatic heterocycles. The minimum atomic E-state index is -4.88. The lowest BCUT2D eigenvalue weighted by molar-refractivity contribution is -0.167. The van der Waals surface area contributed by atoms with Gasteiger partial charge in [0.05, 0.1) is 10.8 Å². The van der Waals surface area contributed by atoms with Crippen molar-refractivity contribution in [3.63, 3.8) is 0 Å². The van der Waals surface area contributed by atoms with E-state index in [-0.39, 0.29) is 17.0 Å². The highest BCUT2D eigenvalue weighted by molar-refractivity contribution is 8.00. The SMILES string of the molecule is C[C@H]1CN(C(=O)c2ccc(SCC(=O)C(F)(F)F)c(Cl)c2)CCN1c1cccc(Cl)c1. The van der Waals surface area contributed by atoms with Crippen LogP contribution < -0.4 is 4.90 Å². The predicted molar refractivity (Wildman–Crippen MR) is 117 cm³/mol. The molecule has 1 aliphatic rings. The predicted octanol–water partition coefficient (Wildman–Crippen LogP) is 5.57. The van der Waals surface area contributed by atoms with Gasteiger partial charge in [-0.25, -0.2) is 0 Å². The van der Waals surface area contributed by atoms with E-state index >= 15 is 0 Å². The van der Waals surface area contributed by atoms with Gasteiger partial charge in [-0.3, -0.25) is 9.59 Å². The van der Waals surface area contributed by atoms with Crippen LogP contribution >= 0.6 is 35.0 Å². The number of Topliss-reactive ketones (excluding diaryl/α,β-unsaturated/α-hetero) is 1. The number of hydrogen-bond acceptors (Lipinski definition) is 4. The third-order valence-electron chi connectivity index (χ3n) is 4.91. The highest BCUT2D eigenvalue weighted by Gasteiger charge is 2.37. The van der Waals surface area contributed by atoms with Crippen LogP contribution in [0.1, 0.15) is 17.3 Å². The van der Waals surface area contributed by atoms with E-state index in [9.17, 15) is 22.8 Å². The quantitative estimate of drug-likeness (QED) is 0.513. The minimum absolute atomic E-state index is 0.0647. The van der Waals surface area contributed by atoms with Gasteiger partial charge in [0, 0.05) is 46.8 Å². The van der Waals surface area contributed by atoms with Crippen LogP contribution in [0.15, 0.2) is 47.4 Å². The van der Waals surface area contributed by atoms with Gasteiger partial charge in [0.2, 0.25) is 5.78 Å². The normalized spacial score (nSPS) is 17.0. The van der Waals surface area contributed by atoms with E-state index in [0.717, 1.165) is 5.69 Å². The van der Waals surface area contributed by atoms with Gasteiger partial charge in [-0.1, -0.05) is 29.3 Å². The van der Waals surface area contributed by atoms with E-state index in [1.54, 1.807) is 11.0 Å². The fourth-order valence-electron chi connectivity index (χ4n) is 3.34. The molecular weight excluding hydrogens is 472 g/mol. The lowest BCUT2D eigenvalue weighted by Gasteiger charge is -2.41. The van der Waals surface area contributed by atoms with E-state index in [1.807, 2.05) is 25.1 Å². The number of ketones is 1. The van der Waals surface area contributed by atoms with E-state index in [1.165, 1.54) is 18.2 Å². The molecule has 31 heavy (non-hydrogen) atoms. The van der Waals surface area contributed by atoms with Crippen LogP contribution in [0.5, 0.6) is 0 Å². The standard InChI is InChI=1S/C21H19Cl2F3N2O2S/c1-13-11-27(7-8-28(13)16-4-2-3-15(22)10-16)20(30)14-5-6-18(17(23)9-14)31-12-19(29)21(24,25)26/h2-6,9-10,13H,7-8,11-12H2,1H3/t13-/m0/s1. The number of anilines is 1. The van der Waals surface area contributed by atoms with E-state index < -0.39 is 17.7 Å². The zero-order valence-electron chi connectivity index (χ0n) is 16.5. The number of nitrogens with zero attached hydrogens (tertiary/aromatic N) is 2. The van der Waals surface area contributed by atoms with Crippen molar-refractivity contribution < 1.29 is 22.8 Å². The molecule has 1 atom stereocenters. The van der Waals surface area contributed by atoms with Crippen LogP contribution in [0.2, 0.25) is 10.0 Å². The number of benzene rings is 2. The summed E-state index contributed by atoms with van der Waals surface area (Å²) in [5, 5.41) is 0.782. The van der Waals surface area contributed by atoms with Gasteiger partial charge in [-0.15, -0.1) is 11.8 Å². The Kier molecular flexibility index (Phi) is 7.44. The van der Waals surface area contributed by atoms with Crippen molar-refractivity contribution >= 4 is 52.3 Å². The van der Waals surface area contributed by atoms with Gasteiger partial charge in [0.1, 0.15) is 0 Å². The summed E-state index contributed by atoms with van der Waals surface area (Å²) in [6.07, 6.45) is -4.88. The Morgan fingerprint density at radius 2 is 1.87 bits per heavy atom. The molecule has 1 amide bonds. The van der Waals surface area contributed by atoms with Crippen molar-refractivity contribution in [2.24, 2.45) is 0 Å². The molecule has 0 aliphatic carbocycles. The molecule has 0 aromatic heterocycles. The summed E-state index contributed by atoms with van der Waals surface area (Å²) in [6, 6.07) is 12.0. The monoisotopic (exact) mass is 490 g/mol. The summed E-state index contributed by atoms with van der Waals surface area (Å²) in [5.74, 6) is -2.80. The lowest BCUT2D eigenvalue weighted by atomic mass is 10.1. The molecule has 1 heterocycles. The highest BCUT2D eigenvalue weighted by Crippen LogP contribution is 2.31. The molecule has 0 unspecified atom stereocenters. The van der Waals surface area contributed by atoms with Gasteiger partial charge >= 0.3 is 6.18 Å². The molecule has 0 radical (unpaired) electrons. The molecule has 0 spiro atoms. The molecule has 0 saturated carbocycles. The number of amides is 1. The summed E-state index contributed by atoms with van der Waals surface area (Å²) in [6.45, 7) is 3.66. The zero-order valence-corrected chi connectivity index (χ0v) is 18.8. The molecule has 0 bridgehead atoms. The van der Waals surface area contributed by atoms with Gasteiger partial charge in [-0.2, -0.15) is 13.2 Å². The van der Waals surface area contributed by atoms with Crippen LogP contribution in [0.25, 0.3) is 0 Å². The average molecular weight is 491 g/mol. The van der Waals surface area contributed by atoms with Crippen molar-refractivity contribution in [3.05, 3.63) is 58.1 Å². The summed E-state index contributed by atoms with van der Waals surface area (Å²) in [4.78, 5) is 28.2. The zero-order chi connectivity index (χ0) is 22.8. The summed E-state index contributed by atoms with van der Waals surface area (Å²) in [5.41, 5.74) is 1.34. The third-order valence-corrected chi connectivity index (χ3v) is 6.64. The van der Waals surface area contributed by atoms with Crippen LogP contribution in [0, 0.1) is 0 Å². The molecule has 166 valence electrons. The first-order valence-electron chi connectivity index (χ1n) is 9.40. The van der Waals surface area contributed by atoms with Crippen molar-refractivity contribution in [3.8, 4) is 0 Å². The molecule has 1 saturated heterocycles. The molecule has 4 nitrogen and oxygen atoms in total. The number of thioether (sulfide) groups is 1. The van der Waals surface area contributed by atoms with Gasteiger partial charge in [-0.05, 0) is 43.3 Å². The van der Waals surface area contributed by atoms with Gasteiger partial charge in [0.25, 0.3) is 5.91 Å². The van der Waals surface area contributed by atoms with Crippen molar-refractivity contribution in [1.82, 2.24) is 4.90 Å². The Balaban J connectivity index is 1.64. The number of carbonyl (C=O) groups excluding carboxylic acids is 2. The second kappa shape index (κ2) is 9.71. The highest BCUT2D eigenvalue weighted by atomic mass is 35.5. The first-order chi connectivity index (χ1) is 14.6. The lowest BCUT2D eigenvalue weighted by Crippen LogP contribution is -2.53. The molecule has 10 heteroatoms. The average Bonchev–Trinajstić information content (AvgIpc) is 2.71. The molecule has 2 aromatic rings. The third kappa shape index (κ3) is 5.87. The Labute approximate surface area is 192 Å². The minimum Gasteiger partial charge on any atom is -0.365 e. The first-order valence-corrected chi connectivity index (χ1v) is 11.1. The van der Waals surface area contributed by atoms with Crippen LogP contribution in [0.3, 0.4) is 0 Å². The number of rotatable bonds is 5. The topological polar surface area (TPSA) is 40.6 Å². The smallest absolute Gasteiger partial charge is 0.365 e. The fourth-order valence-corrected chi connectivity index (χ4v) is 4.68. The maximum absolute atomic E-state index is 12.9. The largest absolute Gasteiger partial charge is 0.450 e. The fraction of sp³-hybridized carbons (Fsp3) is 0.333. The number of hydrogen-bond donors (Lipinski definition) is 0. The number of piperazine rings is 1. The van der Waals surface area contributed by atoms with Crippen molar-refractivity contribution in [2.75, 3.05) is 30.3 Å². The van der Waals surface area contributed by atoms with Crippen LogP contribution in [-0.4, -0.2) is 54.2 Å². The number of halogens is 5. The van der Waals surface area contributed by atoms with Crippen molar-refractivity contribution in [1.29, 1.82) is 0 Å². The van der Waals surface area contributed by atoms with E-state index in [2.05, 4.69) is 4.90 Å². The second-order valence-corrected chi connectivity index (χ2v) is 8.99. The number of alkyl halides is 3. The Bertz CT molecular complexity index is 987.